The lowest BCUT2D eigenvalue weighted by Gasteiger charge is -2.09. The highest BCUT2D eigenvalue weighted by molar-refractivity contribution is 6.29. The Labute approximate surface area is 123 Å². The number of hydrogen-bond donors (Lipinski definition) is 1. The van der Waals surface area contributed by atoms with Crippen LogP contribution in [0.1, 0.15) is 35.8 Å². The summed E-state index contributed by atoms with van der Waals surface area (Å²) in [7, 11) is 0. The largest absolute Gasteiger partial charge is 0.353 e. The molecule has 0 saturated heterocycles. The van der Waals surface area contributed by atoms with Crippen LogP contribution in [0.2, 0.25) is 5.15 Å². The van der Waals surface area contributed by atoms with Gasteiger partial charge in [-0.15, -0.1) is 0 Å². The first-order valence-electron chi connectivity index (χ1n) is 6.62. The van der Waals surface area contributed by atoms with Crippen molar-refractivity contribution in [3.8, 4) is 0 Å². The molecule has 0 spiro atoms. The van der Waals surface area contributed by atoms with Gasteiger partial charge in [0.2, 0.25) is 0 Å². The fraction of sp³-hybridized carbons (Fsp3) is 0.333. The Morgan fingerprint density at radius 1 is 1.35 bits per heavy atom. The second kappa shape index (κ2) is 6.57. The van der Waals surface area contributed by atoms with Crippen LogP contribution in [0.3, 0.4) is 0 Å². The van der Waals surface area contributed by atoms with E-state index in [9.17, 15) is 4.79 Å². The fourth-order valence-corrected chi connectivity index (χ4v) is 2.08. The Hall–Kier alpha value is -1.81. The minimum absolute atomic E-state index is 0.122. The average Bonchev–Trinajstić information content (AvgIpc) is 2.91. The van der Waals surface area contributed by atoms with Gasteiger partial charge in [-0.1, -0.05) is 25.4 Å². The predicted molar refractivity (Wildman–Crippen MR) is 80.1 cm³/mol. The first-order valence-corrected chi connectivity index (χ1v) is 7.00. The summed E-state index contributed by atoms with van der Waals surface area (Å²) in [6.07, 6.45) is 3.93. The molecule has 0 radical (unpaired) electrons. The van der Waals surface area contributed by atoms with Crippen LogP contribution >= 0.6 is 11.6 Å². The lowest BCUT2D eigenvalue weighted by Crippen LogP contribution is -2.27. The van der Waals surface area contributed by atoms with Gasteiger partial charge >= 0.3 is 0 Å². The zero-order valence-electron chi connectivity index (χ0n) is 11.6. The third-order valence-electron chi connectivity index (χ3n) is 2.99. The zero-order valence-corrected chi connectivity index (χ0v) is 12.4. The Kier molecular flexibility index (Phi) is 4.79. The first-order chi connectivity index (χ1) is 9.56. The zero-order chi connectivity index (χ0) is 14.5. The van der Waals surface area contributed by atoms with Crippen LogP contribution in [0.25, 0.3) is 0 Å². The molecule has 0 aliphatic carbocycles. The van der Waals surface area contributed by atoms with Crippen LogP contribution < -0.4 is 5.32 Å². The van der Waals surface area contributed by atoms with Crippen LogP contribution in [-0.4, -0.2) is 22.0 Å². The minimum atomic E-state index is -0.122. The molecule has 2 rings (SSSR count). The van der Waals surface area contributed by atoms with Gasteiger partial charge in [-0.25, -0.2) is 4.98 Å². The molecule has 0 unspecified atom stereocenters. The topological polar surface area (TPSA) is 46.9 Å². The summed E-state index contributed by atoms with van der Waals surface area (Å²) in [5.74, 6) is 0.114. The van der Waals surface area contributed by atoms with Crippen molar-refractivity contribution in [2.24, 2.45) is 0 Å². The van der Waals surface area contributed by atoms with E-state index in [1.807, 2.05) is 42.9 Å². The van der Waals surface area contributed by atoms with E-state index >= 15 is 0 Å². The molecule has 5 heteroatoms. The normalized spacial score (nSPS) is 10.8. The van der Waals surface area contributed by atoms with Crippen LogP contribution in [0, 0.1) is 0 Å². The number of nitrogens with one attached hydrogen (secondary N) is 1. The van der Waals surface area contributed by atoms with Crippen molar-refractivity contribution in [2.75, 3.05) is 6.54 Å². The van der Waals surface area contributed by atoms with E-state index in [4.69, 9.17) is 11.6 Å². The lowest BCUT2D eigenvalue weighted by molar-refractivity contribution is 0.0952. The van der Waals surface area contributed by atoms with Gasteiger partial charge in [0, 0.05) is 36.7 Å². The van der Waals surface area contributed by atoms with Gasteiger partial charge in [0.05, 0.1) is 0 Å². The number of halogens is 1. The van der Waals surface area contributed by atoms with Crippen LogP contribution in [-0.2, 0) is 6.54 Å². The van der Waals surface area contributed by atoms with Gasteiger partial charge in [0.1, 0.15) is 5.15 Å². The Balaban J connectivity index is 1.98. The molecule has 1 N–H and O–H groups in total. The highest BCUT2D eigenvalue weighted by Gasteiger charge is 2.10. The van der Waals surface area contributed by atoms with Crippen molar-refractivity contribution in [2.45, 2.75) is 26.3 Å². The summed E-state index contributed by atoms with van der Waals surface area (Å²) >= 11 is 5.96. The number of carbonyl (C=O) groups is 1. The SMILES string of the molecule is CC(C)c1cc(C(=O)NCCn2cccc2)cc(Cl)n1. The number of aromatic nitrogens is 2. The maximum atomic E-state index is 12.1. The smallest absolute Gasteiger partial charge is 0.251 e. The third-order valence-corrected chi connectivity index (χ3v) is 3.18. The molecule has 0 fully saturated rings. The van der Waals surface area contributed by atoms with Gasteiger partial charge in [-0.3, -0.25) is 4.79 Å². The molecular formula is C15H18ClN3O. The van der Waals surface area contributed by atoms with Crippen LogP contribution in [0.4, 0.5) is 0 Å². The van der Waals surface area contributed by atoms with E-state index in [2.05, 4.69) is 10.3 Å². The van der Waals surface area contributed by atoms with Gasteiger partial charge < -0.3 is 9.88 Å². The van der Waals surface area contributed by atoms with E-state index in [0.29, 0.717) is 17.3 Å². The summed E-state index contributed by atoms with van der Waals surface area (Å²) < 4.78 is 2.01. The average molecular weight is 292 g/mol. The summed E-state index contributed by atoms with van der Waals surface area (Å²) in [4.78, 5) is 16.3. The van der Waals surface area contributed by atoms with Gasteiger partial charge in [0.15, 0.2) is 0 Å². The van der Waals surface area contributed by atoms with E-state index < -0.39 is 0 Å². The van der Waals surface area contributed by atoms with Crippen molar-refractivity contribution in [3.05, 3.63) is 53.1 Å². The highest BCUT2D eigenvalue weighted by Crippen LogP contribution is 2.17. The van der Waals surface area contributed by atoms with E-state index in [1.54, 1.807) is 12.1 Å². The van der Waals surface area contributed by atoms with Gasteiger partial charge in [0.25, 0.3) is 5.91 Å². The number of pyridine rings is 1. The number of hydrogen-bond acceptors (Lipinski definition) is 2. The Morgan fingerprint density at radius 2 is 2.05 bits per heavy atom. The van der Waals surface area contributed by atoms with Crippen molar-refractivity contribution in [3.63, 3.8) is 0 Å². The molecule has 0 aromatic carbocycles. The van der Waals surface area contributed by atoms with Crippen molar-refractivity contribution in [1.29, 1.82) is 0 Å². The fourth-order valence-electron chi connectivity index (χ4n) is 1.86. The van der Waals surface area contributed by atoms with Gasteiger partial charge in [-0.05, 0) is 30.2 Å². The molecule has 20 heavy (non-hydrogen) atoms. The predicted octanol–water partition coefficient (Wildman–Crippen LogP) is 3.09. The van der Waals surface area contributed by atoms with Crippen LogP contribution in [0.5, 0.6) is 0 Å². The molecule has 0 atom stereocenters. The highest BCUT2D eigenvalue weighted by atomic mass is 35.5. The van der Waals surface area contributed by atoms with Crippen molar-refractivity contribution in [1.82, 2.24) is 14.9 Å². The standard InChI is InChI=1S/C15H18ClN3O/c1-11(2)13-9-12(10-14(16)18-13)15(20)17-5-8-19-6-3-4-7-19/h3-4,6-7,9-11H,5,8H2,1-2H3,(H,17,20). The van der Waals surface area contributed by atoms with Gasteiger partial charge in [-0.2, -0.15) is 0 Å². The van der Waals surface area contributed by atoms with Crippen molar-refractivity contribution < 1.29 is 4.79 Å². The lowest BCUT2D eigenvalue weighted by atomic mass is 10.1. The first kappa shape index (κ1) is 14.6. The monoisotopic (exact) mass is 291 g/mol. The minimum Gasteiger partial charge on any atom is -0.353 e. The third kappa shape index (κ3) is 3.84. The van der Waals surface area contributed by atoms with Crippen molar-refractivity contribution >= 4 is 17.5 Å². The summed E-state index contributed by atoms with van der Waals surface area (Å²) in [6.45, 7) is 5.36. The number of carbonyl (C=O) groups excluding carboxylic acids is 1. The molecule has 2 aromatic rings. The van der Waals surface area contributed by atoms with E-state index in [-0.39, 0.29) is 11.8 Å². The number of nitrogens with zero attached hydrogens (tertiary/aromatic N) is 2. The molecule has 0 bridgehead atoms. The van der Waals surface area contributed by atoms with E-state index in [0.717, 1.165) is 12.2 Å². The summed E-state index contributed by atoms with van der Waals surface area (Å²) in [6, 6.07) is 7.30. The Morgan fingerprint density at radius 3 is 2.70 bits per heavy atom. The number of rotatable bonds is 5. The maximum Gasteiger partial charge on any atom is 0.251 e. The Bertz CT molecular complexity index is 579. The molecule has 0 aliphatic heterocycles. The molecule has 2 heterocycles. The molecule has 0 saturated carbocycles. The second-order valence-electron chi connectivity index (χ2n) is 4.93. The summed E-state index contributed by atoms with van der Waals surface area (Å²) in [5, 5.41) is 3.24. The van der Waals surface area contributed by atoms with Crippen LogP contribution in [0.15, 0.2) is 36.7 Å². The maximum absolute atomic E-state index is 12.1. The van der Waals surface area contributed by atoms with E-state index in [1.165, 1.54) is 0 Å². The quantitative estimate of drug-likeness (QED) is 0.861. The molecule has 1 amide bonds. The molecule has 4 nitrogen and oxygen atoms in total. The molecule has 106 valence electrons. The summed E-state index contributed by atoms with van der Waals surface area (Å²) in [5.41, 5.74) is 1.38. The molecule has 0 aliphatic rings. The number of amides is 1. The molecular weight excluding hydrogens is 274 g/mol. The second-order valence-corrected chi connectivity index (χ2v) is 5.32. The molecule has 2 aromatic heterocycles.